The molecule has 0 aliphatic rings. The molecular weight excluding hydrogens is 260 g/mol. The summed E-state index contributed by atoms with van der Waals surface area (Å²) in [5.74, 6) is 0.984. The van der Waals surface area contributed by atoms with Gasteiger partial charge in [-0.1, -0.05) is 32.1 Å². The highest BCUT2D eigenvalue weighted by Crippen LogP contribution is 2.28. The number of para-hydroxylation sites is 1. The van der Waals surface area contributed by atoms with E-state index in [1.54, 1.807) is 25.3 Å². The van der Waals surface area contributed by atoms with Crippen molar-refractivity contribution >= 4 is 28.8 Å². The van der Waals surface area contributed by atoms with Crippen LogP contribution in [-0.2, 0) is 4.79 Å². The summed E-state index contributed by atoms with van der Waals surface area (Å²) < 4.78 is 5.23. The number of ether oxygens (including phenoxy) is 1. The second kappa shape index (κ2) is 7.09. The summed E-state index contributed by atoms with van der Waals surface area (Å²) in [6, 6.07) is 5.32. The van der Waals surface area contributed by atoms with Crippen LogP contribution in [0.5, 0.6) is 5.75 Å². The van der Waals surface area contributed by atoms with Crippen LogP contribution < -0.4 is 15.8 Å². The summed E-state index contributed by atoms with van der Waals surface area (Å²) in [5, 5.41) is 2.84. The second-order valence-corrected chi connectivity index (χ2v) is 5.17. The molecule has 1 aromatic carbocycles. The fraction of sp³-hybridized carbons (Fsp3) is 0.429. The third-order valence-corrected chi connectivity index (χ3v) is 2.94. The third kappa shape index (κ3) is 4.52. The van der Waals surface area contributed by atoms with Crippen LogP contribution in [0, 0.1) is 5.92 Å². The summed E-state index contributed by atoms with van der Waals surface area (Å²) in [5.41, 5.74) is 6.83. The van der Waals surface area contributed by atoms with E-state index in [1.807, 2.05) is 0 Å². The van der Waals surface area contributed by atoms with Gasteiger partial charge in [0.1, 0.15) is 10.7 Å². The van der Waals surface area contributed by atoms with Crippen molar-refractivity contribution in [1.29, 1.82) is 0 Å². The van der Waals surface area contributed by atoms with Crippen LogP contribution in [0.25, 0.3) is 0 Å². The molecule has 1 amide bonds. The topological polar surface area (TPSA) is 64.3 Å². The van der Waals surface area contributed by atoms with Crippen molar-refractivity contribution in [3.8, 4) is 5.75 Å². The molecule has 1 aromatic rings. The monoisotopic (exact) mass is 280 g/mol. The first-order chi connectivity index (χ1) is 8.95. The summed E-state index contributed by atoms with van der Waals surface area (Å²) in [6.07, 6.45) is 1.30. The van der Waals surface area contributed by atoms with Gasteiger partial charge in [-0.3, -0.25) is 4.79 Å². The Morgan fingerprint density at radius 2 is 2.16 bits per heavy atom. The van der Waals surface area contributed by atoms with Crippen LogP contribution >= 0.6 is 12.2 Å². The van der Waals surface area contributed by atoms with Crippen molar-refractivity contribution in [2.24, 2.45) is 11.7 Å². The van der Waals surface area contributed by atoms with Crippen LogP contribution in [0.1, 0.15) is 32.3 Å². The molecule has 0 bridgehead atoms. The largest absolute Gasteiger partial charge is 0.495 e. The summed E-state index contributed by atoms with van der Waals surface area (Å²) in [6.45, 7) is 4.16. The van der Waals surface area contributed by atoms with E-state index < -0.39 is 0 Å². The second-order valence-electron chi connectivity index (χ2n) is 4.73. The first-order valence-corrected chi connectivity index (χ1v) is 6.63. The van der Waals surface area contributed by atoms with Gasteiger partial charge in [-0.2, -0.15) is 0 Å². The highest BCUT2D eigenvalue weighted by atomic mass is 32.1. The average molecular weight is 280 g/mol. The number of anilines is 1. The predicted molar refractivity (Wildman–Crippen MR) is 81.6 cm³/mol. The molecule has 19 heavy (non-hydrogen) atoms. The lowest BCUT2D eigenvalue weighted by atomic mass is 10.1. The molecular formula is C14H20N2O2S. The molecule has 0 radical (unpaired) electrons. The number of hydrogen-bond donors (Lipinski definition) is 2. The predicted octanol–water partition coefficient (Wildman–Crippen LogP) is 2.70. The van der Waals surface area contributed by atoms with Crippen molar-refractivity contribution in [3.05, 3.63) is 23.8 Å². The minimum Gasteiger partial charge on any atom is -0.495 e. The molecule has 3 N–H and O–H groups in total. The fourth-order valence-electron chi connectivity index (χ4n) is 1.66. The van der Waals surface area contributed by atoms with Crippen LogP contribution in [0.15, 0.2) is 18.2 Å². The highest BCUT2D eigenvalue weighted by Gasteiger charge is 2.14. The zero-order valence-corrected chi connectivity index (χ0v) is 12.3. The molecule has 0 atom stereocenters. The Morgan fingerprint density at radius 3 is 2.68 bits per heavy atom. The van der Waals surface area contributed by atoms with Gasteiger partial charge >= 0.3 is 0 Å². The van der Waals surface area contributed by atoms with Gasteiger partial charge in [-0.15, -0.1) is 0 Å². The SMILES string of the molecule is COc1cccc(C(N)=S)c1NC(=O)CCC(C)C. The normalized spacial score (nSPS) is 10.3. The lowest BCUT2D eigenvalue weighted by Crippen LogP contribution is -2.18. The number of amides is 1. The van der Waals surface area contributed by atoms with Gasteiger partial charge in [0.2, 0.25) is 5.91 Å². The molecule has 1 rings (SSSR count). The van der Waals surface area contributed by atoms with E-state index in [0.717, 1.165) is 6.42 Å². The average Bonchev–Trinajstić information content (AvgIpc) is 2.36. The standard InChI is InChI=1S/C14H20N2O2S/c1-9(2)7-8-12(17)16-13-10(14(15)19)5-4-6-11(13)18-3/h4-6,9H,7-8H2,1-3H3,(H2,15,19)(H,16,17). The lowest BCUT2D eigenvalue weighted by molar-refractivity contribution is -0.116. The van der Waals surface area contributed by atoms with E-state index in [9.17, 15) is 4.79 Å². The van der Waals surface area contributed by atoms with E-state index in [0.29, 0.717) is 29.3 Å². The van der Waals surface area contributed by atoms with Crippen molar-refractivity contribution in [1.82, 2.24) is 0 Å². The number of rotatable bonds is 6. The molecule has 0 unspecified atom stereocenters. The number of hydrogen-bond acceptors (Lipinski definition) is 3. The van der Waals surface area contributed by atoms with Crippen molar-refractivity contribution in [2.75, 3.05) is 12.4 Å². The molecule has 0 fully saturated rings. The molecule has 0 saturated heterocycles. The molecule has 0 heterocycles. The van der Waals surface area contributed by atoms with Crippen molar-refractivity contribution in [2.45, 2.75) is 26.7 Å². The number of nitrogens with two attached hydrogens (primary N) is 1. The lowest BCUT2D eigenvalue weighted by Gasteiger charge is -2.14. The summed E-state index contributed by atoms with van der Waals surface area (Å²) >= 11 is 4.99. The number of carbonyl (C=O) groups is 1. The number of nitrogens with one attached hydrogen (secondary N) is 1. The minimum atomic E-state index is -0.0595. The quantitative estimate of drug-likeness (QED) is 0.786. The Morgan fingerprint density at radius 1 is 1.47 bits per heavy atom. The Bertz CT molecular complexity index is 473. The van der Waals surface area contributed by atoms with E-state index in [-0.39, 0.29) is 10.9 Å². The van der Waals surface area contributed by atoms with E-state index in [1.165, 1.54) is 0 Å². The summed E-state index contributed by atoms with van der Waals surface area (Å²) in [7, 11) is 1.54. The van der Waals surface area contributed by atoms with Gasteiger partial charge in [0, 0.05) is 12.0 Å². The third-order valence-electron chi connectivity index (χ3n) is 2.72. The molecule has 0 saturated carbocycles. The Balaban J connectivity index is 2.92. The van der Waals surface area contributed by atoms with Gasteiger partial charge < -0.3 is 15.8 Å². The highest BCUT2D eigenvalue weighted by molar-refractivity contribution is 7.80. The molecule has 4 nitrogen and oxygen atoms in total. The van der Waals surface area contributed by atoms with Crippen molar-refractivity contribution < 1.29 is 9.53 Å². The molecule has 0 spiro atoms. The van der Waals surface area contributed by atoms with Gasteiger partial charge in [-0.25, -0.2) is 0 Å². The smallest absolute Gasteiger partial charge is 0.224 e. The number of benzene rings is 1. The first kappa shape index (κ1) is 15.4. The Kier molecular flexibility index (Phi) is 5.76. The van der Waals surface area contributed by atoms with E-state index in [4.69, 9.17) is 22.7 Å². The van der Waals surface area contributed by atoms with Gasteiger partial charge in [0.05, 0.1) is 12.8 Å². The maximum Gasteiger partial charge on any atom is 0.224 e. The molecule has 0 aliphatic heterocycles. The molecule has 104 valence electrons. The van der Waals surface area contributed by atoms with Crippen LogP contribution in [0.2, 0.25) is 0 Å². The zero-order chi connectivity index (χ0) is 14.4. The van der Waals surface area contributed by atoms with Crippen molar-refractivity contribution in [3.63, 3.8) is 0 Å². The summed E-state index contributed by atoms with van der Waals surface area (Å²) in [4.78, 5) is 12.1. The molecule has 5 heteroatoms. The van der Waals surface area contributed by atoms with Crippen LogP contribution in [0.3, 0.4) is 0 Å². The van der Waals surface area contributed by atoms with Crippen LogP contribution in [0.4, 0.5) is 5.69 Å². The van der Waals surface area contributed by atoms with Gasteiger partial charge in [0.25, 0.3) is 0 Å². The zero-order valence-electron chi connectivity index (χ0n) is 11.5. The first-order valence-electron chi connectivity index (χ1n) is 6.22. The van der Waals surface area contributed by atoms with Gasteiger partial charge in [-0.05, 0) is 24.5 Å². The molecule has 0 aliphatic carbocycles. The number of methoxy groups -OCH3 is 1. The van der Waals surface area contributed by atoms with Crippen LogP contribution in [-0.4, -0.2) is 18.0 Å². The number of thiocarbonyl (C=S) groups is 1. The Hall–Kier alpha value is -1.62. The number of carbonyl (C=O) groups excluding carboxylic acids is 1. The minimum absolute atomic E-state index is 0.0595. The van der Waals surface area contributed by atoms with E-state index in [2.05, 4.69) is 19.2 Å². The maximum absolute atomic E-state index is 11.9. The maximum atomic E-state index is 11.9. The van der Waals surface area contributed by atoms with Gasteiger partial charge in [0.15, 0.2) is 0 Å². The van der Waals surface area contributed by atoms with E-state index >= 15 is 0 Å². The Labute approximate surface area is 119 Å². The molecule has 0 aromatic heterocycles. The fourth-order valence-corrected chi connectivity index (χ4v) is 1.83.